The first-order chi connectivity index (χ1) is 7.45. The molecule has 0 atom stereocenters. The minimum Gasteiger partial charge on any atom is -0.354 e. The van der Waals surface area contributed by atoms with Crippen molar-refractivity contribution in [2.24, 2.45) is 0 Å². The summed E-state index contributed by atoms with van der Waals surface area (Å²) in [6.07, 6.45) is 0.877. The summed E-state index contributed by atoms with van der Waals surface area (Å²) in [7, 11) is 1.79. The van der Waals surface area contributed by atoms with Crippen molar-refractivity contribution in [3.8, 4) is 0 Å². The zero-order valence-corrected chi connectivity index (χ0v) is 12.2. The maximum Gasteiger partial charge on any atom is 0.239 e. The lowest BCUT2D eigenvalue weighted by atomic mass is 10.1. The Morgan fingerprint density at radius 3 is 2.75 bits per heavy atom. The molecule has 1 aromatic heterocycles. The van der Waals surface area contributed by atoms with E-state index in [0.29, 0.717) is 6.54 Å². The van der Waals surface area contributed by atoms with Gasteiger partial charge in [-0.25, -0.2) is 0 Å². The van der Waals surface area contributed by atoms with Gasteiger partial charge in [0.25, 0.3) is 0 Å². The molecule has 0 bridgehead atoms. The van der Waals surface area contributed by atoms with E-state index in [-0.39, 0.29) is 5.91 Å². The predicted molar refractivity (Wildman–Crippen MR) is 71.9 cm³/mol. The Bertz CT molecular complexity index is 363. The smallest absolute Gasteiger partial charge is 0.239 e. The fourth-order valence-corrected chi connectivity index (χ4v) is 2.57. The van der Waals surface area contributed by atoms with Gasteiger partial charge in [0.05, 0.1) is 5.54 Å². The van der Waals surface area contributed by atoms with Crippen LogP contribution in [0.1, 0.15) is 18.7 Å². The van der Waals surface area contributed by atoms with Crippen molar-refractivity contribution in [3.63, 3.8) is 0 Å². The van der Waals surface area contributed by atoms with Crippen LogP contribution in [0.3, 0.4) is 0 Å². The van der Waals surface area contributed by atoms with E-state index in [1.165, 1.54) is 4.88 Å². The summed E-state index contributed by atoms with van der Waals surface area (Å²) in [6, 6.07) is 2.08. The third-order valence-electron chi connectivity index (χ3n) is 2.47. The maximum atomic E-state index is 11.7. The molecule has 0 aromatic carbocycles. The van der Waals surface area contributed by atoms with Crippen LogP contribution in [0.2, 0.25) is 0 Å². The molecule has 0 saturated heterocycles. The van der Waals surface area contributed by atoms with E-state index in [1.54, 1.807) is 18.4 Å². The van der Waals surface area contributed by atoms with Crippen LogP contribution in [0, 0.1) is 0 Å². The third kappa shape index (κ3) is 3.88. The Morgan fingerprint density at radius 2 is 2.25 bits per heavy atom. The van der Waals surface area contributed by atoms with Gasteiger partial charge in [0.2, 0.25) is 5.91 Å². The third-order valence-corrected chi connectivity index (χ3v) is 4.23. The number of nitrogens with one attached hydrogen (secondary N) is 2. The van der Waals surface area contributed by atoms with E-state index in [2.05, 4.69) is 38.0 Å². The summed E-state index contributed by atoms with van der Waals surface area (Å²) >= 11 is 5.11. The molecule has 0 fully saturated rings. The standard InChI is InChI=1S/C11H17BrN2OS/c1-11(2,13-3)10(15)14-5-4-9-6-8(12)7-16-9/h6-7,13H,4-5H2,1-3H3,(H,14,15). The average Bonchev–Trinajstić information content (AvgIpc) is 2.64. The molecule has 0 aliphatic heterocycles. The lowest BCUT2D eigenvalue weighted by molar-refractivity contribution is -0.126. The quantitative estimate of drug-likeness (QED) is 0.875. The van der Waals surface area contributed by atoms with Crippen LogP contribution in [0.4, 0.5) is 0 Å². The zero-order chi connectivity index (χ0) is 12.2. The second-order valence-electron chi connectivity index (χ2n) is 4.11. The lowest BCUT2D eigenvalue weighted by Gasteiger charge is -2.22. The van der Waals surface area contributed by atoms with Crippen molar-refractivity contribution in [3.05, 3.63) is 20.8 Å². The Morgan fingerprint density at radius 1 is 1.56 bits per heavy atom. The molecule has 0 aliphatic rings. The largest absolute Gasteiger partial charge is 0.354 e. The van der Waals surface area contributed by atoms with Crippen LogP contribution >= 0.6 is 27.3 Å². The van der Waals surface area contributed by atoms with Crippen molar-refractivity contribution >= 4 is 33.2 Å². The predicted octanol–water partition coefficient (Wildman–Crippen LogP) is 2.17. The summed E-state index contributed by atoms with van der Waals surface area (Å²) in [5, 5.41) is 7.95. The average molecular weight is 305 g/mol. The van der Waals surface area contributed by atoms with Crippen LogP contribution in [0.25, 0.3) is 0 Å². The van der Waals surface area contributed by atoms with Gasteiger partial charge in [-0.3, -0.25) is 4.79 Å². The van der Waals surface area contributed by atoms with Gasteiger partial charge in [0.15, 0.2) is 0 Å². The monoisotopic (exact) mass is 304 g/mol. The normalized spacial score (nSPS) is 11.5. The van der Waals surface area contributed by atoms with E-state index in [4.69, 9.17) is 0 Å². The molecule has 1 heterocycles. The number of amides is 1. The molecule has 0 aliphatic carbocycles. The van der Waals surface area contributed by atoms with Gasteiger partial charge < -0.3 is 10.6 Å². The van der Waals surface area contributed by atoms with Gasteiger partial charge in [-0.15, -0.1) is 11.3 Å². The highest BCUT2D eigenvalue weighted by molar-refractivity contribution is 9.10. The van der Waals surface area contributed by atoms with Gasteiger partial charge in [-0.1, -0.05) is 0 Å². The van der Waals surface area contributed by atoms with Gasteiger partial charge in [0.1, 0.15) is 0 Å². The number of thiophene rings is 1. The molecule has 3 nitrogen and oxygen atoms in total. The van der Waals surface area contributed by atoms with E-state index >= 15 is 0 Å². The van der Waals surface area contributed by atoms with Crippen molar-refractivity contribution in [2.75, 3.05) is 13.6 Å². The van der Waals surface area contributed by atoms with E-state index < -0.39 is 5.54 Å². The Labute approximate surface area is 109 Å². The number of halogens is 1. The molecule has 2 N–H and O–H groups in total. The Kier molecular flexibility index (Phi) is 4.95. The van der Waals surface area contributed by atoms with Gasteiger partial charge in [-0.2, -0.15) is 0 Å². The zero-order valence-electron chi connectivity index (χ0n) is 9.76. The molecule has 0 radical (unpaired) electrons. The van der Waals surface area contributed by atoms with Crippen LogP contribution in [0.15, 0.2) is 15.9 Å². The molecule has 90 valence electrons. The van der Waals surface area contributed by atoms with Gasteiger partial charge in [-0.05, 0) is 49.3 Å². The highest BCUT2D eigenvalue weighted by Crippen LogP contribution is 2.19. The van der Waals surface area contributed by atoms with Crippen molar-refractivity contribution in [1.29, 1.82) is 0 Å². The number of carbonyl (C=O) groups is 1. The first-order valence-corrected chi connectivity index (χ1v) is 6.83. The fourth-order valence-electron chi connectivity index (χ4n) is 1.12. The molecule has 1 aromatic rings. The second kappa shape index (κ2) is 5.80. The number of likely N-dealkylation sites (N-methyl/N-ethyl adjacent to an activating group) is 1. The summed E-state index contributed by atoms with van der Waals surface area (Å²) < 4.78 is 1.11. The summed E-state index contributed by atoms with van der Waals surface area (Å²) in [6.45, 7) is 4.41. The number of hydrogen-bond acceptors (Lipinski definition) is 3. The highest BCUT2D eigenvalue weighted by Gasteiger charge is 2.24. The Hall–Kier alpha value is -0.390. The van der Waals surface area contributed by atoms with Gasteiger partial charge in [0, 0.05) is 21.3 Å². The van der Waals surface area contributed by atoms with Crippen LogP contribution in [-0.2, 0) is 11.2 Å². The van der Waals surface area contributed by atoms with Crippen molar-refractivity contribution in [1.82, 2.24) is 10.6 Å². The first-order valence-electron chi connectivity index (χ1n) is 5.16. The van der Waals surface area contributed by atoms with E-state index in [9.17, 15) is 4.79 Å². The summed E-state index contributed by atoms with van der Waals surface area (Å²) in [5.74, 6) is 0.0330. The SMILES string of the molecule is CNC(C)(C)C(=O)NCCc1cc(Br)cs1. The van der Waals surface area contributed by atoms with Crippen molar-refractivity contribution < 1.29 is 4.79 Å². The summed E-state index contributed by atoms with van der Waals surface area (Å²) in [4.78, 5) is 13.0. The van der Waals surface area contributed by atoms with Crippen molar-refractivity contribution in [2.45, 2.75) is 25.8 Å². The molecular formula is C11H17BrN2OS. The molecule has 0 unspecified atom stereocenters. The summed E-state index contributed by atoms with van der Waals surface area (Å²) in [5.41, 5.74) is -0.504. The fraction of sp³-hybridized carbons (Fsp3) is 0.545. The lowest BCUT2D eigenvalue weighted by Crippen LogP contribution is -2.51. The van der Waals surface area contributed by atoms with E-state index in [1.807, 2.05) is 13.8 Å². The van der Waals surface area contributed by atoms with E-state index in [0.717, 1.165) is 10.9 Å². The highest BCUT2D eigenvalue weighted by atomic mass is 79.9. The van der Waals surface area contributed by atoms with Gasteiger partial charge >= 0.3 is 0 Å². The molecule has 0 saturated carbocycles. The topological polar surface area (TPSA) is 41.1 Å². The molecule has 0 spiro atoms. The molecule has 5 heteroatoms. The number of hydrogen-bond donors (Lipinski definition) is 2. The molecule has 1 rings (SSSR count). The molecule has 1 amide bonds. The maximum absolute atomic E-state index is 11.7. The van der Waals surface area contributed by atoms with Crippen LogP contribution < -0.4 is 10.6 Å². The molecular weight excluding hydrogens is 288 g/mol. The number of rotatable bonds is 5. The molecule has 16 heavy (non-hydrogen) atoms. The number of carbonyl (C=O) groups excluding carboxylic acids is 1. The van der Waals surface area contributed by atoms with Crippen LogP contribution in [0.5, 0.6) is 0 Å². The minimum atomic E-state index is -0.504. The first kappa shape index (κ1) is 13.7. The Balaban J connectivity index is 2.33. The minimum absolute atomic E-state index is 0.0330. The second-order valence-corrected chi connectivity index (χ2v) is 6.02. The van der Waals surface area contributed by atoms with Crippen LogP contribution in [-0.4, -0.2) is 25.0 Å².